The van der Waals surface area contributed by atoms with Gasteiger partial charge in [0.2, 0.25) is 0 Å². The van der Waals surface area contributed by atoms with E-state index in [1.165, 1.54) is 15.3 Å². The van der Waals surface area contributed by atoms with Gasteiger partial charge in [-0.05, 0) is 0 Å². The van der Waals surface area contributed by atoms with Gasteiger partial charge in [-0.3, -0.25) is 0 Å². The second-order valence-electron chi connectivity index (χ2n) is 3.72. The summed E-state index contributed by atoms with van der Waals surface area (Å²) in [5, 5.41) is 0. The number of carbonyl (C=O) groups excluding carboxylic acids is 1. The molecule has 0 radical (unpaired) electrons. The van der Waals surface area contributed by atoms with Crippen LogP contribution in [-0.2, 0) is 15.0 Å². The minimum Gasteiger partial charge on any atom is -0.870 e. The molecule has 2 N–H and O–H groups in total. The zero-order chi connectivity index (χ0) is 12.3. The topological polar surface area (TPSA) is 86.3 Å². The predicted octanol–water partition coefficient (Wildman–Crippen LogP) is 2.54. The number of rotatable bonds is 3. The molecular formula is C13H13AlO4S. The maximum Gasteiger partial charge on any atom is -0.870 e. The Kier molecular flexibility index (Phi) is 7.61. The van der Waals surface area contributed by atoms with Crippen LogP contribution in [-0.4, -0.2) is 33.5 Å². The van der Waals surface area contributed by atoms with Crippen LogP contribution < -0.4 is 0 Å². The van der Waals surface area contributed by atoms with E-state index in [4.69, 9.17) is 0 Å². The zero-order valence-corrected chi connectivity index (χ0v) is 12.3. The molecule has 6 heteroatoms. The summed E-state index contributed by atoms with van der Waals surface area (Å²) in [6.45, 7) is 2.03. The fourth-order valence-corrected chi connectivity index (χ4v) is 2.77. The van der Waals surface area contributed by atoms with Crippen molar-refractivity contribution >= 4 is 33.9 Å². The van der Waals surface area contributed by atoms with Gasteiger partial charge in [0.25, 0.3) is 0 Å². The van der Waals surface area contributed by atoms with Crippen LogP contribution in [0.2, 0.25) is 0 Å². The van der Waals surface area contributed by atoms with Crippen molar-refractivity contribution in [1.29, 1.82) is 0 Å². The van der Waals surface area contributed by atoms with Gasteiger partial charge >= 0.3 is 113 Å². The molecule has 0 unspecified atom stereocenters. The molecule has 0 aliphatic rings. The van der Waals surface area contributed by atoms with Crippen molar-refractivity contribution in [3.05, 3.63) is 46.8 Å². The zero-order valence-electron chi connectivity index (χ0n) is 10.4. The van der Waals surface area contributed by atoms with Crippen molar-refractivity contribution in [2.75, 3.05) is 0 Å². The van der Waals surface area contributed by atoms with Crippen molar-refractivity contribution in [2.45, 2.75) is 13.3 Å². The molecule has 1 aromatic carbocycles. The van der Waals surface area contributed by atoms with Crippen LogP contribution in [0.5, 0.6) is 0 Å². The van der Waals surface area contributed by atoms with E-state index < -0.39 is 0 Å². The first-order valence-electron chi connectivity index (χ1n) is 5.25. The van der Waals surface area contributed by atoms with Gasteiger partial charge < -0.3 is 11.0 Å². The summed E-state index contributed by atoms with van der Waals surface area (Å²) in [7, 11) is 0. The van der Waals surface area contributed by atoms with Crippen molar-refractivity contribution in [3.8, 4) is 10.4 Å². The fraction of sp³-hybridized carbons (Fsp3) is 0.154. The predicted molar refractivity (Wildman–Crippen MR) is 73.9 cm³/mol. The summed E-state index contributed by atoms with van der Waals surface area (Å²) in [6.07, 6.45) is 0.332. The van der Waals surface area contributed by atoms with Gasteiger partial charge in [0.05, 0.1) is 0 Å². The molecular weight excluding hydrogens is 279 g/mol. The molecule has 0 spiro atoms. The Bertz CT molecular complexity index is 525. The van der Waals surface area contributed by atoms with E-state index in [2.05, 4.69) is 22.0 Å². The first kappa shape index (κ1) is 17.8. The van der Waals surface area contributed by atoms with Crippen LogP contribution in [0.15, 0.2) is 36.4 Å². The summed E-state index contributed by atoms with van der Waals surface area (Å²) in [6, 6.07) is 12.2. The summed E-state index contributed by atoms with van der Waals surface area (Å²) >= 11 is 3.69. The summed E-state index contributed by atoms with van der Waals surface area (Å²) in [5.74, 6) is -0.226. The molecule has 2 aromatic rings. The van der Waals surface area contributed by atoms with E-state index in [-0.39, 0.29) is 16.9 Å². The summed E-state index contributed by atoms with van der Waals surface area (Å²) in [5.41, 5.74) is 2.23. The maximum atomic E-state index is 11.2. The van der Waals surface area contributed by atoms with Crippen LogP contribution >= 0.6 is 11.3 Å². The van der Waals surface area contributed by atoms with Crippen LogP contribution in [0.25, 0.3) is 10.4 Å². The Morgan fingerprint density at radius 2 is 1.89 bits per heavy atom. The first-order chi connectivity index (χ1) is 8.20. The molecule has 0 bridgehead atoms. The molecule has 4 nitrogen and oxygen atoms in total. The Labute approximate surface area is 124 Å². The molecule has 0 atom stereocenters. The molecule has 0 saturated carbocycles. The monoisotopic (exact) mass is 292 g/mol. The number of hydrogen-bond donors (Lipinski definition) is 0. The molecule has 0 fully saturated rings. The average Bonchev–Trinajstić information content (AvgIpc) is 2.72. The van der Waals surface area contributed by atoms with Crippen molar-refractivity contribution in [1.82, 2.24) is 0 Å². The largest absolute Gasteiger partial charge is 0.870 e. The molecule has 1 heterocycles. The van der Waals surface area contributed by atoms with E-state index in [1.807, 2.05) is 41.7 Å². The number of aryl methyl sites for hydroxylation is 1. The Morgan fingerprint density at radius 3 is 2.47 bits per heavy atom. The van der Waals surface area contributed by atoms with Gasteiger partial charge in [0, 0.05) is 0 Å². The van der Waals surface area contributed by atoms with Gasteiger partial charge in [-0.25, -0.2) is 0 Å². The quantitative estimate of drug-likeness (QED) is 0.813. The summed E-state index contributed by atoms with van der Waals surface area (Å²) in [4.78, 5) is 13.6. The van der Waals surface area contributed by atoms with Gasteiger partial charge in [0.15, 0.2) is 0 Å². The molecule has 19 heavy (non-hydrogen) atoms. The van der Waals surface area contributed by atoms with Crippen molar-refractivity contribution in [2.24, 2.45) is 0 Å². The Morgan fingerprint density at radius 1 is 1.26 bits per heavy atom. The van der Waals surface area contributed by atoms with Crippen molar-refractivity contribution < 1.29 is 19.5 Å². The third-order valence-electron chi connectivity index (χ3n) is 2.55. The Hall–Kier alpha value is -1.16. The molecule has 0 saturated heterocycles. The summed E-state index contributed by atoms with van der Waals surface area (Å²) < 4.78 is 4.61. The smallest absolute Gasteiger partial charge is 0.870 e. The minimum absolute atomic E-state index is 0. The van der Waals surface area contributed by atoms with Gasteiger partial charge in [-0.15, -0.1) is 0 Å². The second-order valence-corrected chi connectivity index (χ2v) is 5.22. The normalized spacial score (nSPS) is 9.21. The van der Waals surface area contributed by atoms with E-state index in [1.54, 1.807) is 11.3 Å². The van der Waals surface area contributed by atoms with E-state index in [9.17, 15) is 4.79 Å². The maximum absolute atomic E-state index is 11.2. The first-order valence-corrected chi connectivity index (χ1v) is 6.54. The van der Waals surface area contributed by atoms with Crippen LogP contribution in [0.1, 0.15) is 10.4 Å². The average molecular weight is 292 g/mol. The molecule has 0 amide bonds. The Balaban J connectivity index is 0.00000162. The molecule has 1 aromatic heterocycles. The SMILES string of the molecule is Cc1sc(-c2ccccc2)cc1CC(=O)[O][Al+2].[OH-].[OH-]. The van der Waals surface area contributed by atoms with Crippen LogP contribution in [0.4, 0.5) is 0 Å². The molecule has 2 rings (SSSR count). The number of hydrogen-bond acceptors (Lipinski definition) is 5. The molecule has 98 valence electrons. The fourth-order valence-electron chi connectivity index (χ4n) is 1.64. The van der Waals surface area contributed by atoms with Crippen molar-refractivity contribution in [3.63, 3.8) is 0 Å². The van der Waals surface area contributed by atoms with Gasteiger partial charge in [-0.2, -0.15) is 0 Å². The third-order valence-corrected chi connectivity index (χ3v) is 3.95. The third kappa shape index (κ3) is 4.46. The number of thiophene rings is 1. The molecule has 0 aliphatic heterocycles. The van der Waals surface area contributed by atoms with E-state index in [0.29, 0.717) is 6.42 Å². The van der Waals surface area contributed by atoms with Crippen LogP contribution in [0, 0.1) is 6.92 Å². The van der Waals surface area contributed by atoms with E-state index >= 15 is 0 Å². The number of carbonyl (C=O) groups is 1. The standard InChI is InChI=1S/C13H12O2S.Al.2H2O/c1-9-11(8-13(14)15)7-12(16-9)10-5-3-2-4-6-10;;;/h2-7H,8H2,1H3,(H,14,15);;2*1H2/q;+3;;/p-3. The van der Waals surface area contributed by atoms with Gasteiger partial charge in [-0.1, -0.05) is 0 Å². The second kappa shape index (κ2) is 8.10. The number of benzene rings is 1. The van der Waals surface area contributed by atoms with E-state index in [0.717, 1.165) is 5.56 Å². The van der Waals surface area contributed by atoms with Gasteiger partial charge in [0.1, 0.15) is 0 Å². The minimum atomic E-state index is -0.226. The van der Waals surface area contributed by atoms with Crippen LogP contribution in [0.3, 0.4) is 0 Å². The molecule has 0 aliphatic carbocycles.